The van der Waals surface area contributed by atoms with E-state index in [1.165, 1.54) is 6.20 Å². The number of esters is 1. The molecule has 0 spiro atoms. The lowest BCUT2D eigenvalue weighted by Crippen LogP contribution is -2.32. The van der Waals surface area contributed by atoms with Crippen molar-refractivity contribution in [2.45, 2.75) is 13.3 Å². The lowest BCUT2D eigenvalue weighted by molar-refractivity contribution is -0.613. The molecule has 0 N–H and O–H groups in total. The molecule has 0 unspecified atom stereocenters. The molecule has 1 aromatic rings. The van der Waals surface area contributed by atoms with Gasteiger partial charge in [0.2, 0.25) is 5.69 Å². The lowest BCUT2D eigenvalue weighted by Gasteiger charge is -2.02. The van der Waals surface area contributed by atoms with Crippen molar-refractivity contribution < 1.29 is 14.3 Å². The van der Waals surface area contributed by atoms with Crippen LogP contribution < -0.4 is 4.73 Å². The van der Waals surface area contributed by atoms with Crippen molar-refractivity contribution in [3.63, 3.8) is 0 Å². The second-order valence-electron chi connectivity index (χ2n) is 2.50. The average Bonchev–Trinajstić information content (AvgIpc) is 2.09. The Bertz CT molecular complexity index is 299. The Balaban J connectivity index is 2.63. The van der Waals surface area contributed by atoms with Gasteiger partial charge in [-0.25, -0.2) is 0 Å². The summed E-state index contributed by atoms with van der Waals surface area (Å²) in [5, 5.41) is 11.1. The van der Waals surface area contributed by atoms with Gasteiger partial charge in [-0.3, -0.25) is 4.79 Å². The predicted octanol–water partition coefficient (Wildman–Crippen LogP) is 0.426. The number of ether oxygens (including phenoxy) is 1. The van der Waals surface area contributed by atoms with Gasteiger partial charge in [0.25, 0.3) is 0 Å². The molecule has 0 saturated heterocycles. The molecule has 0 aliphatic carbocycles. The van der Waals surface area contributed by atoms with Gasteiger partial charge < -0.3 is 9.94 Å². The minimum absolute atomic E-state index is 0.0260. The van der Waals surface area contributed by atoms with Crippen LogP contribution >= 0.6 is 0 Å². The van der Waals surface area contributed by atoms with E-state index in [9.17, 15) is 10.0 Å². The van der Waals surface area contributed by atoms with Crippen LogP contribution in [0.25, 0.3) is 0 Å². The molecule has 1 aromatic heterocycles. The number of rotatable bonds is 3. The summed E-state index contributed by atoms with van der Waals surface area (Å²) in [6.45, 7) is 2.07. The van der Waals surface area contributed by atoms with Gasteiger partial charge in [0.05, 0.1) is 6.61 Å². The highest BCUT2D eigenvalue weighted by Crippen LogP contribution is 1.94. The summed E-state index contributed by atoms with van der Waals surface area (Å²) >= 11 is 0. The number of hydrogen-bond acceptors (Lipinski definition) is 3. The Hall–Kier alpha value is -1.58. The summed E-state index contributed by atoms with van der Waals surface area (Å²) in [4.78, 5) is 11.0. The first-order chi connectivity index (χ1) is 6.24. The van der Waals surface area contributed by atoms with Crippen LogP contribution in [-0.2, 0) is 16.0 Å². The van der Waals surface area contributed by atoms with E-state index in [1.54, 1.807) is 25.1 Å². The van der Waals surface area contributed by atoms with Gasteiger partial charge in [-0.15, -0.1) is 0 Å². The van der Waals surface area contributed by atoms with Crippen molar-refractivity contribution in [1.82, 2.24) is 0 Å². The third-order valence-electron chi connectivity index (χ3n) is 1.54. The van der Waals surface area contributed by atoms with Crippen LogP contribution in [0.2, 0.25) is 0 Å². The molecule has 13 heavy (non-hydrogen) atoms. The highest BCUT2D eigenvalue weighted by molar-refractivity contribution is 5.71. The van der Waals surface area contributed by atoms with E-state index >= 15 is 0 Å². The SMILES string of the molecule is CCOC(=O)Cc1cccc[n+]1[O-]. The molecule has 1 heterocycles. The molecular weight excluding hydrogens is 170 g/mol. The monoisotopic (exact) mass is 181 g/mol. The molecule has 0 aliphatic rings. The van der Waals surface area contributed by atoms with Crippen LogP contribution in [0.5, 0.6) is 0 Å². The average molecular weight is 181 g/mol. The van der Waals surface area contributed by atoms with E-state index in [0.717, 1.165) is 0 Å². The van der Waals surface area contributed by atoms with Gasteiger partial charge in [-0.1, -0.05) is 0 Å². The van der Waals surface area contributed by atoms with Crippen LogP contribution in [0, 0.1) is 5.21 Å². The van der Waals surface area contributed by atoms with Crippen LogP contribution in [0.3, 0.4) is 0 Å². The molecule has 0 aliphatic heterocycles. The zero-order valence-electron chi connectivity index (χ0n) is 7.40. The van der Waals surface area contributed by atoms with Crippen LogP contribution in [0.15, 0.2) is 24.4 Å². The molecule has 70 valence electrons. The van der Waals surface area contributed by atoms with E-state index in [-0.39, 0.29) is 12.4 Å². The fraction of sp³-hybridized carbons (Fsp3) is 0.333. The highest BCUT2D eigenvalue weighted by Gasteiger charge is 2.10. The Morgan fingerprint density at radius 1 is 1.62 bits per heavy atom. The molecule has 0 aromatic carbocycles. The normalized spacial score (nSPS) is 9.62. The molecule has 0 fully saturated rings. The standard InChI is InChI=1S/C9H11NO3/c1-2-13-9(11)7-8-5-3-4-6-10(8)12/h3-6H,2,7H2,1H3. The van der Waals surface area contributed by atoms with Gasteiger partial charge in [-0.05, 0) is 13.0 Å². The Morgan fingerprint density at radius 2 is 2.38 bits per heavy atom. The number of carbonyl (C=O) groups is 1. The van der Waals surface area contributed by atoms with Crippen molar-refractivity contribution in [2.75, 3.05) is 6.61 Å². The number of hydrogen-bond donors (Lipinski definition) is 0. The van der Waals surface area contributed by atoms with E-state index in [0.29, 0.717) is 17.0 Å². The molecule has 0 atom stereocenters. The number of pyridine rings is 1. The zero-order valence-corrected chi connectivity index (χ0v) is 7.40. The van der Waals surface area contributed by atoms with Gasteiger partial charge in [0.1, 0.15) is 6.42 Å². The lowest BCUT2D eigenvalue weighted by atomic mass is 10.3. The van der Waals surface area contributed by atoms with Crippen LogP contribution in [-0.4, -0.2) is 12.6 Å². The minimum Gasteiger partial charge on any atom is -0.618 e. The zero-order chi connectivity index (χ0) is 9.68. The largest absolute Gasteiger partial charge is 0.618 e. The first kappa shape index (κ1) is 9.51. The second-order valence-corrected chi connectivity index (χ2v) is 2.50. The first-order valence-electron chi connectivity index (χ1n) is 4.06. The van der Waals surface area contributed by atoms with Crippen LogP contribution in [0.1, 0.15) is 12.6 Å². The summed E-state index contributed by atoms with van der Waals surface area (Å²) in [6, 6.07) is 4.93. The molecule has 1 rings (SSSR count). The van der Waals surface area contributed by atoms with E-state index in [1.807, 2.05) is 0 Å². The molecule has 0 amide bonds. The maximum absolute atomic E-state index is 11.1. The van der Waals surface area contributed by atoms with Gasteiger partial charge in [0.15, 0.2) is 6.20 Å². The fourth-order valence-electron chi connectivity index (χ4n) is 0.960. The number of carbonyl (C=O) groups excluding carboxylic acids is 1. The summed E-state index contributed by atoms with van der Waals surface area (Å²) in [6.07, 6.45) is 1.38. The predicted molar refractivity (Wildman–Crippen MR) is 45.7 cm³/mol. The Kier molecular flexibility index (Phi) is 3.25. The molecule has 4 nitrogen and oxygen atoms in total. The maximum atomic E-state index is 11.1. The molecule has 0 saturated carbocycles. The Morgan fingerprint density at radius 3 is 3.00 bits per heavy atom. The Labute approximate surface area is 76.3 Å². The molecule has 0 radical (unpaired) electrons. The van der Waals surface area contributed by atoms with E-state index < -0.39 is 0 Å². The van der Waals surface area contributed by atoms with Gasteiger partial charge >= 0.3 is 5.97 Å². The number of nitrogens with zero attached hydrogens (tertiary/aromatic N) is 1. The maximum Gasteiger partial charge on any atom is 0.316 e. The minimum atomic E-state index is -0.377. The smallest absolute Gasteiger partial charge is 0.316 e. The third-order valence-corrected chi connectivity index (χ3v) is 1.54. The van der Waals surface area contributed by atoms with E-state index in [4.69, 9.17) is 4.74 Å². The first-order valence-corrected chi connectivity index (χ1v) is 4.06. The third kappa shape index (κ3) is 2.74. The van der Waals surface area contributed by atoms with Crippen molar-refractivity contribution in [3.8, 4) is 0 Å². The number of aromatic nitrogens is 1. The summed E-state index contributed by atoms with van der Waals surface area (Å²) in [5.74, 6) is -0.377. The molecule has 0 bridgehead atoms. The van der Waals surface area contributed by atoms with Crippen molar-refractivity contribution in [3.05, 3.63) is 35.3 Å². The van der Waals surface area contributed by atoms with Crippen molar-refractivity contribution >= 4 is 5.97 Å². The molecular formula is C9H11NO3. The summed E-state index contributed by atoms with van der Waals surface area (Å²) < 4.78 is 5.37. The summed E-state index contributed by atoms with van der Waals surface area (Å²) in [7, 11) is 0. The van der Waals surface area contributed by atoms with Gasteiger partial charge in [0, 0.05) is 12.1 Å². The van der Waals surface area contributed by atoms with Gasteiger partial charge in [-0.2, -0.15) is 4.73 Å². The van der Waals surface area contributed by atoms with Crippen LogP contribution in [0.4, 0.5) is 0 Å². The fourth-order valence-corrected chi connectivity index (χ4v) is 0.960. The molecule has 4 heteroatoms. The highest BCUT2D eigenvalue weighted by atomic mass is 16.5. The topological polar surface area (TPSA) is 53.2 Å². The van der Waals surface area contributed by atoms with E-state index in [2.05, 4.69) is 0 Å². The second kappa shape index (κ2) is 4.45. The quantitative estimate of drug-likeness (QED) is 0.386. The van der Waals surface area contributed by atoms with Crippen molar-refractivity contribution in [2.24, 2.45) is 0 Å². The summed E-state index contributed by atoms with van der Waals surface area (Å²) in [5.41, 5.74) is 0.404. The van der Waals surface area contributed by atoms with Crippen molar-refractivity contribution in [1.29, 1.82) is 0 Å².